The number of aromatic amines is 1. The number of aryl methyl sites for hydroxylation is 1. The number of carboxylic acids is 2. The van der Waals surface area contributed by atoms with Crippen LogP contribution in [0.4, 0.5) is 35.4 Å². The lowest BCUT2D eigenvalue weighted by Gasteiger charge is -2.19. The number of nitrogens with zero attached hydrogens (tertiary/aromatic N) is 3. The number of aromatic nitrogens is 4. The fourth-order valence-electron chi connectivity index (χ4n) is 4.49. The maximum absolute atomic E-state index is 12.8. The first kappa shape index (κ1) is 36.4. The zero-order chi connectivity index (χ0) is 36.3. The van der Waals surface area contributed by atoms with Gasteiger partial charge in [-0.2, -0.15) is 18.2 Å². The Kier molecular flexibility index (Phi) is 12.1. The maximum Gasteiger partial charge on any atom is 0.490 e. The van der Waals surface area contributed by atoms with Crippen molar-refractivity contribution < 1.29 is 42.5 Å². The standard InChI is InChI=1S/C31H31N7O5.C2HF3O2/c1-20-17-38(18-24(15-27(39)40)34-31(42)43-19-22-7-3-2-4-8-22)30(41)37-28(20)32-16-21-11-13-23(14-12-21)33-29-35-25-9-5-6-10-26(25)36-29;3-2(4,5)1(6)7/h2-14,17,24H,15-16,18-19H2,1H3,(H,34,42)(H,39,40)(H,32,37,41)(H2,33,35,36);(H,6,7). The van der Waals surface area contributed by atoms with Gasteiger partial charge in [0.2, 0.25) is 5.95 Å². The van der Waals surface area contributed by atoms with Crippen molar-refractivity contribution in [3.63, 3.8) is 0 Å². The lowest BCUT2D eigenvalue weighted by atomic mass is 10.2. The normalized spacial score (nSPS) is 11.5. The lowest BCUT2D eigenvalue weighted by Crippen LogP contribution is -2.42. The van der Waals surface area contributed by atoms with E-state index in [-0.39, 0.29) is 13.2 Å². The molecule has 0 fully saturated rings. The molecule has 0 saturated carbocycles. The van der Waals surface area contributed by atoms with Crippen molar-refractivity contribution in [1.82, 2.24) is 24.8 Å². The van der Waals surface area contributed by atoms with E-state index in [0.717, 1.165) is 27.8 Å². The molecule has 50 heavy (non-hydrogen) atoms. The Morgan fingerprint density at radius 2 is 1.60 bits per heavy atom. The second-order valence-electron chi connectivity index (χ2n) is 10.8. The number of alkyl carbamates (subject to hydrolysis) is 1. The summed E-state index contributed by atoms with van der Waals surface area (Å²) in [5.41, 5.74) is 4.57. The molecule has 2 aromatic heterocycles. The van der Waals surface area contributed by atoms with Crippen molar-refractivity contribution >= 4 is 46.5 Å². The number of ether oxygens (including phenoxy) is 1. The summed E-state index contributed by atoms with van der Waals surface area (Å²) in [4.78, 5) is 57.4. The Labute approximate surface area is 282 Å². The maximum atomic E-state index is 12.8. The number of carboxylic acid groups (broad SMARTS) is 2. The van der Waals surface area contributed by atoms with Crippen LogP contribution in [0, 0.1) is 6.92 Å². The van der Waals surface area contributed by atoms with Gasteiger partial charge >= 0.3 is 29.9 Å². The highest BCUT2D eigenvalue weighted by molar-refractivity contribution is 5.78. The van der Waals surface area contributed by atoms with Crippen LogP contribution in [0.15, 0.2) is 89.9 Å². The minimum atomic E-state index is -5.08. The van der Waals surface area contributed by atoms with E-state index in [9.17, 15) is 32.7 Å². The second kappa shape index (κ2) is 16.6. The van der Waals surface area contributed by atoms with Gasteiger partial charge in [-0.25, -0.2) is 19.4 Å². The number of imidazole rings is 1. The van der Waals surface area contributed by atoms with E-state index < -0.39 is 42.4 Å². The third kappa shape index (κ3) is 11.1. The van der Waals surface area contributed by atoms with Crippen LogP contribution < -0.4 is 21.6 Å². The van der Waals surface area contributed by atoms with Gasteiger partial charge in [-0.05, 0) is 42.3 Å². The molecule has 1 unspecified atom stereocenters. The number of halogens is 3. The van der Waals surface area contributed by atoms with E-state index in [2.05, 4.69) is 30.9 Å². The highest BCUT2D eigenvalue weighted by Gasteiger charge is 2.38. The molecule has 0 bridgehead atoms. The van der Waals surface area contributed by atoms with Gasteiger partial charge in [0.1, 0.15) is 12.4 Å². The summed E-state index contributed by atoms with van der Waals surface area (Å²) in [6.45, 7) is 2.17. The molecule has 0 radical (unpaired) electrons. The Morgan fingerprint density at radius 1 is 0.940 bits per heavy atom. The van der Waals surface area contributed by atoms with Crippen molar-refractivity contribution in [2.24, 2.45) is 0 Å². The number of benzene rings is 3. The molecule has 5 aromatic rings. The van der Waals surface area contributed by atoms with Crippen molar-refractivity contribution in [3.05, 3.63) is 112 Å². The molecular formula is C33H32F3N7O7. The summed E-state index contributed by atoms with van der Waals surface area (Å²) < 4.78 is 38.2. The number of carbonyl (C=O) groups is 3. The zero-order valence-corrected chi connectivity index (χ0v) is 26.4. The molecule has 6 N–H and O–H groups in total. The van der Waals surface area contributed by atoms with Crippen molar-refractivity contribution in [2.45, 2.75) is 45.3 Å². The van der Waals surface area contributed by atoms with Crippen LogP contribution in [0.5, 0.6) is 0 Å². The first-order valence-corrected chi connectivity index (χ1v) is 14.9. The number of rotatable bonds is 12. The summed E-state index contributed by atoms with van der Waals surface area (Å²) >= 11 is 0. The highest BCUT2D eigenvalue weighted by atomic mass is 19.4. The van der Waals surface area contributed by atoms with Crippen molar-refractivity contribution in [2.75, 3.05) is 10.6 Å². The molecule has 17 heteroatoms. The molecular weight excluding hydrogens is 663 g/mol. The van der Waals surface area contributed by atoms with Crippen LogP contribution in [0.2, 0.25) is 0 Å². The SMILES string of the molecule is Cc1cn(CC(CC(=O)O)NC(=O)OCc2ccccc2)c(=O)nc1NCc1ccc(Nc2nc3ccccc3[nH]2)cc1.O=C(O)C(F)(F)F. The summed E-state index contributed by atoms with van der Waals surface area (Å²) in [5, 5.41) is 25.4. The third-order valence-electron chi connectivity index (χ3n) is 6.86. The van der Waals surface area contributed by atoms with Gasteiger partial charge in [0.15, 0.2) is 0 Å². The van der Waals surface area contributed by atoms with Gasteiger partial charge in [-0.3, -0.25) is 9.36 Å². The average molecular weight is 696 g/mol. The predicted molar refractivity (Wildman–Crippen MR) is 176 cm³/mol. The number of para-hydroxylation sites is 2. The molecule has 0 spiro atoms. The van der Waals surface area contributed by atoms with Gasteiger partial charge < -0.3 is 35.9 Å². The number of aliphatic carboxylic acids is 2. The Bertz CT molecular complexity index is 1950. The van der Waals surface area contributed by atoms with E-state index in [0.29, 0.717) is 23.9 Å². The fraction of sp³-hybridized carbons (Fsp3) is 0.212. The van der Waals surface area contributed by atoms with E-state index in [1.165, 1.54) is 4.57 Å². The summed E-state index contributed by atoms with van der Waals surface area (Å²) in [6, 6.07) is 23.8. The second-order valence-corrected chi connectivity index (χ2v) is 10.8. The van der Waals surface area contributed by atoms with Gasteiger partial charge in [0.25, 0.3) is 0 Å². The van der Waals surface area contributed by atoms with E-state index in [1.807, 2.05) is 78.9 Å². The quantitative estimate of drug-likeness (QED) is 0.100. The Balaban J connectivity index is 0.000000727. The Morgan fingerprint density at radius 3 is 2.24 bits per heavy atom. The van der Waals surface area contributed by atoms with Crippen LogP contribution in [0.3, 0.4) is 0 Å². The third-order valence-corrected chi connectivity index (χ3v) is 6.86. The largest absolute Gasteiger partial charge is 0.490 e. The number of nitrogens with one attached hydrogen (secondary N) is 4. The van der Waals surface area contributed by atoms with Crippen LogP contribution in [-0.4, -0.2) is 60.0 Å². The Hall–Kier alpha value is -6.39. The average Bonchev–Trinajstić information content (AvgIpc) is 3.48. The van der Waals surface area contributed by atoms with Crippen LogP contribution >= 0.6 is 0 Å². The number of carbonyl (C=O) groups excluding carboxylic acids is 1. The molecule has 2 heterocycles. The van der Waals surface area contributed by atoms with E-state index in [1.54, 1.807) is 13.1 Å². The zero-order valence-electron chi connectivity index (χ0n) is 26.4. The number of alkyl halides is 3. The van der Waals surface area contributed by atoms with Gasteiger partial charge in [0.05, 0.1) is 23.5 Å². The molecule has 262 valence electrons. The van der Waals surface area contributed by atoms with Crippen LogP contribution in [0.1, 0.15) is 23.1 Å². The number of H-pyrrole nitrogens is 1. The van der Waals surface area contributed by atoms with Crippen LogP contribution in [-0.2, 0) is 34.0 Å². The van der Waals surface area contributed by atoms with Gasteiger partial charge in [-0.15, -0.1) is 0 Å². The molecule has 3 aromatic carbocycles. The first-order valence-electron chi connectivity index (χ1n) is 14.9. The molecule has 1 atom stereocenters. The van der Waals surface area contributed by atoms with Gasteiger partial charge in [-0.1, -0.05) is 54.6 Å². The van der Waals surface area contributed by atoms with E-state index >= 15 is 0 Å². The fourth-order valence-corrected chi connectivity index (χ4v) is 4.49. The number of hydrogen-bond donors (Lipinski definition) is 6. The number of anilines is 3. The number of fused-ring (bicyclic) bond motifs is 1. The molecule has 1 amide bonds. The van der Waals surface area contributed by atoms with E-state index in [4.69, 9.17) is 14.6 Å². The lowest BCUT2D eigenvalue weighted by molar-refractivity contribution is -0.192. The molecule has 5 rings (SSSR count). The van der Waals surface area contributed by atoms with Crippen LogP contribution in [0.25, 0.3) is 11.0 Å². The summed E-state index contributed by atoms with van der Waals surface area (Å²) in [6.07, 6.45) is -4.67. The first-order chi connectivity index (χ1) is 23.8. The summed E-state index contributed by atoms with van der Waals surface area (Å²) in [7, 11) is 0. The highest BCUT2D eigenvalue weighted by Crippen LogP contribution is 2.19. The molecule has 0 saturated heterocycles. The van der Waals surface area contributed by atoms with Crippen molar-refractivity contribution in [1.29, 1.82) is 0 Å². The predicted octanol–water partition coefficient (Wildman–Crippen LogP) is 5.19. The summed E-state index contributed by atoms with van der Waals surface area (Å²) in [5.74, 6) is -2.82. The monoisotopic (exact) mass is 695 g/mol. The van der Waals surface area contributed by atoms with Gasteiger partial charge in [0, 0.05) is 30.5 Å². The molecule has 14 nitrogen and oxygen atoms in total. The minimum absolute atomic E-state index is 0.0357. The number of amides is 1. The molecule has 0 aliphatic carbocycles. The molecule has 0 aliphatic heterocycles. The topological polar surface area (TPSA) is 201 Å². The number of hydrogen-bond acceptors (Lipinski definition) is 9. The van der Waals surface area contributed by atoms with Crippen molar-refractivity contribution in [3.8, 4) is 0 Å². The molecule has 0 aliphatic rings. The minimum Gasteiger partial charge on any atom is -0.481 e. The smallest absolute Gasteiger partial charge is 0.481 e.